The van der Waals surface area contributed by atoms with Crippen LogP contribution in [0.4, 0.5) is 0 Å². The van der Waals surface area contributed by atoms with E-state index in [0.717, 1.165) is 10.6 Å². The molecule has 0 aliphatic carbocycles. The van der Waals surface area contributed by atoms with Gasteiger partial charge >= 0.3 is 0 Å². The third kappa shape index (κ3) is 3.54. The quantitative estimate of drug-likeness (QED) is 0.690. The molecule has 0 saturated carbocycles. The van der Waals surface area contributed by atoms with Crippen molar-refractivity contribution in [1.82, 2.24) is 25.1 Å². The number of hydrogen-bond acceptors (Lipinski definition) is 6. The molecule has 0 saturated heterocycles. The monoisotopic (exact) mass is 303 g/mol. The van der Waals surface area contributed by atoms with Gasteiger partial charge in [-0.2, -0.15) is 0 Å². The first-order chi connectivity index (χ1) is 10.3. The zero-order valence-electron chi connectivity index (χ0n) is 11.1. The predicted molar refractivity (Wildman–Crippen MR) is 75.1 cm³/mol. The van der Waals surface area contributed by atoms with Crippen molar-refractivity contribution in [3.8, 4) is 0 Å². The van der Waals surface area contributed by atoms with Gasteiger partial charge in [0.25, 0.3) is 0 Å². The Morgan fingerprint density at radius 1 is 1.33 bits per heavy atom. The molecule has 0 N–H and O–H groups in total. The minimum atomic E-state index is -0.0629. The Bertz CT molecular complexity index is 627. The standard InChI is InChI=1S/C13H13N5O2S/c19-13(9-18-10-14-15-16-18)17(7-11-3-1-5-20-11)8-12-4-2-6-21-12/h1-6,10H,7-9H2. The number of nitrogens with zero attached hydrogens (tertiary/aromatic N) is 5. The largest absolute Gasteiger partial charge is 0.467 e. The Morgan fingerprint density at radius 2 is 2.29 bits per heavy atom. The summed E-state index contributed by atoms with van der Waals surface area (Å²) >= 11 is 1.62. The minimum Gasteiger partial charge on any atom is -0.467 e. The van der Waals surface area contributed by atoms with Gasteiger partial charge in [-0.15, -0.1) is 16.4 Å². The maximum Gasteiger partial charge on any atom is 0.245 e. The van der Waals surface area contributed by atoms with Crippen LogP contribution in [0.2, 0.25) is 0 Å². The molecule has 0 spiro atoms. The summed E-state index contributed by atoms with van der Waals surface area (Å²) in [5.41, 5.74) is 0. The van der Waals surface area contributed by atoms with Crippen molar-refractivity contribution >= 4 is 17.2 Å². The minimum absolute atomic E-state index is 0.0629. The fraction of sp³-hybridized carbons (Fsp3) is 0.231. The highest BCUT2D eigenvalue weighted by Crippen LogP contribution is 2.15. The summed E-state index contributed by atoms with van der Waals surface area (Å²) < 4.78 is 6.74. The topological polar surface area (TPSA) is 77.1 Å². The molecular formula is C13H13N5O2S. The van der Waals surface area contributed by atoms with Crippen molar-refractivity contribution < 1.29 is 9.21 Å². The van der Waals surface area contributed by atoms with Gasteiger partial charge in [0.2, 0.25) is 5.91 Å². The lowest BCUT2D eigenvalue weighted by Crippen LogP contribution is -2.32. The van der Waals surface area contributed by atoms with Crippen LogP contribution < -0.4 is 0 Å². The summed E-state index contributed by atoms with van der Waals surface area (Å²) in [6.07, 6.45) is 3.03. The Labute approximate surface area is 124 Å². The maximum atomic E-state index is 12.4. The van der Waals surface area contributed by atoms with Gasteiger partial charge in [0.15, 0.2) is 0 Å². The van der Waals surface area contributed by atoms with Crippen molar-refractivity contribution in [2.75, 3.05) is 0 Å². The zero-order chi connectivity index (χ0) is 14.5. The molecule has 108 valence electrons. The summed E-state index contributed by atoms with van der Waals surface area (Å²) in [5.74, 6) is 0.684. The van der Waals surface area contributed by atoms with Crippen LogP contribution in [0.3, 0.4) is 0 Å². The molecule has 3 aromatic rings. The molecule has 3 heterocycles. The lowest BCUT2D eigenvalue weighted by Gasteiger charge is -2.20. The Hall–Kier alpha value is -2.48. The maximum absolute atomic E-state index is 12.4. The van der Waals surface area contributed by atoms with Crippen LogP contribution in [0.1, 0.15) is 10.6 Å². The van der Waals surface area contributed by atoms with Crippen LogP contribution in [-0.2, 0) is 24.4 Å². The van der Waals surface area contributed by atoms with Crippen molar-refractivity contribution in [1.29, 1.82) is 0 Å². The molecule has 0 unspecified atom stereocenters. The smallest absolute Gasteiger partial charge is 0.245 e. The number of furan rings is 1. The molecule has 0 bridgehead atoms. The molecule has 0 atom stereocenters. The second-order valence-corrected chi connectivity index (χ2v) is 5.45. The number of amides is 1. The van der Waals surface area contributed by atoms with E-state index in [4.69, 9.17) is 4.42 Å². The summed E-state index contributed by atoms with van der Waals surface area (Å²) in [4.78, 5) is 15.3. The first-order valence-corrected chi connectivity index (χ1v) is 7.22. The molecule has 7 nitrogen and oxygen atoms in total. The molecule has 0 aliphatic heterocycles. The van der Waals surface area contributed by atoms with E-state index < -0.39 is 0 Å². The molecule has 8 heteroatoms. The molecule has 3 aromatic heterocycles. The number of aromatic nitrogens is 4. The Balaban J connectivity index is 1.72. The fourth-order valence-electron chi connectivity index (χ4n) is 1.90. The first kappa shape index (κ1) is 13.5. The third-order valence-electron chi connectivity index (χ3n) is 2.90. The van der Waals surface area contributed by atoms with Gasteiger partial charge in [0, 0.05) is 4.88 Å². The first-order valence-electron chi connectivity index (χ1n) is 6.34. The molecule has 0 aromatic carbocycles. The molecule has 21 heavy (non-hydrogen) atoms. The second kappa shape index (κ2) is 6.31. The van der Waals surface area contributed by atoms with Gasteiger partial charge in [-0.05, 0) is 34.0 Å². The van der Waals surface area contributed by atoms with E-state index in [2.05, 4.69) is 15.5 Å². The van der Waals surface area contributed by atoms with Gasteiger partial charge in [0.05, 0.1) is 19.4 Å². The fourth-order valence-corrected chi connectivity index (χ4v) is 2.62. The molecular weight excluding hydrogens is 290 g/mol. The molecule has 0 fully saturated rings. The lowest BCUT2D eigenvalue weighted by molar-refractivity contribution is -0.133. The Kier molecular flexibility index (Phi) is 4.06. The summed E-state index contributed by atoms with van der Waals surface area (Å²) in [6.45, 7) is 1.07. The predicted octanol–water partition coefficient (Wildman–Crippen LogP) is 1.56. The van der Waals surface area contributed by atoms with Crippen LogP contribution in [0.25, 0.3) is 0 Å². The summed E-state index contributed by atoms with van der Waals surface area (Å²) in [5, 5.41) is 12.8. The highest BCUT2D eigenvalue weighted by molar-refractivity contribution is 7.09. The van der Waals surface area contributed by atoms with Crippen molar-refractivity contribution in [2.45, 2.75) is 19.6 Å². The van der Waals surface area contributed by atoms with Crippen molar-refractivity contribution in [2.24, 2.45) is 0 Å². The normalized spacial score (nSPS) is 10.7. The number of carbonyl (C=O) groups excluding carboxylic acids is 1. The molecule has 0 aliphatic rings. The van der Waals surface area contributed by atoms with E-state index in [1.807, 2.05) is 29.6 Å². The lowest BCUT2D eigenvalue weighted by atomic mass is 10.3. The van der Waals surface area contributed by atoms with Crippen LogP contribution >= 0.6 is 11.3 Å². The van der Waals surface area contributed by atoms with E-state index >= 15 is 0 Å². The molecule has 1 amide bonds. The van der Waals surface area contributed by atoms with Crippen molar-refractivity contribution in [3.63, 3.8) is 0 Å². The summed E-state index contributed by atoms with van der Waals surface area (Å²) in [7, 11) is 0. The molecule has 3 rings (SSSR count). The zero-order valence-corrected chi connectivity index (χ0v) is 11.9. The number of hydrogen-bond donors (Lipinski definition) is 0. The third-order valence-corrected chi connectivity index (χ3v) is 3.76. The van der Waals surface area contributed by atoms with Crippen LogP contribution in [0.5, 0.6) is 0 Å². The highest BCUT2D eigenvalue weighted by atomic mass is 32.1. The highest BCUT2D eigenvalue weighted by Gasteiger charge is 2.17. The van der Waals surface area contributed by atoms with E-state index in [1.165, 1.54) is 11.0 Å². The van der Waals surface area contributed by atoms with E-state index in [1.54, 1.807) is 22.5 Å². The summed E-state index contributed by atoms with van der Waals surface area (Å²) in [6, 6.07) is 7.64. The number of rotatable bonds is 6. The van der Waals surface area contributed by atoms with Gasteiger partial charge in [-0.3, -0.25) is 4.79 Å². The van der Waals surface area contributed by atoms with Gasteiger partial charge in [0.1, 0.15) is 18.6 Å². The number of carbonyl (C=O) groups is 1. The van der Waals surface area contributed by atoms with Crippen LogP contribution in [-0.4, -0.2) is 31.0 Å². The van der Waals surface area contributed by atoms with E-state index in [0.29, 0.717) is 13.1 Å². The second-order valence-electron chi connectivity index (χ2n) is 4.42. The SMILES string of the molecule is O=C(Cn1cnnn1)N(Cc1ccco1)Cc1cccs1. The van der Waals surface area contributed by atoms with Crippen LogP contribution in [0, 0.1) is 0 Å². The van der Waals surface area contributed by atoms with E-state index in [9.17, 15) is 4.79 Å². The van der Waals surface area contributed by atoms with Gasteiger partial charge in [-0.25, -0.2) is 4.68 Å². The average molecular weight is 303 g/mol. The molecule has 0 radical (unpaired) electrons. The number of tetrazole rings is 1. The Morgan fingerprint density at radius 3 is 2.95 bits per heavy atom. The van der Waals surface area contributed by atoms with Gasteiger partial charge in [-0.1, -0.05) is 6.07 Å². The van der Waals surface area contributed by atoms with Crippen LogP contribution in [0.15, 0.2) is 46.7 Å². The van der Waals surface area contributed by atoms with E-state index in [-0.39, 0.29) is 12.5 Å². The van der Waals surface area contributed by atoms with Gasteiger partial charge < -0.3 is 9.32 Å². The average Bonchev–Trinajstić information content (AvgIpc) is 3.21. The number of thiophene rings is 1. The van der Waals surface area contributed by atoms with Crippen molar-refractivity contribution in [3.05, 3.63) is 52.9 Å².